The van der Waals surface area contributed by atoms with E-state index in [1.165, 1.54) is 6.33 Å². The SMILES string of the molecule is Cc1cc(C(=O)Nc2ccc(-n3cnc4ccccc43)nc2)ncn1. The van der Waals surface area contributed by atoms with Crippen LogP contribution in [0.25, 0.3) is 16.9 Å². The summed E-state index contributed by atoms with van der Waals surface area (Å²) in [7, 11) is 0. The van der Waals surface area contributed by atoms with Crippen molar-refractivity contribution in [3.8, 4) is 5.82 Å². The first-order valence-corrected chi connectivity index (χ1v) is 7.69. The molecule has 0 aliphatic heterocycles. The topological polar surface area (TPSA) is 85.6 Å². The lowest BCUT2D eigenvalue weighted by atomic mass is 10.3. The summed E-state index contributed by atoms with van der Waals surface area (Å²) >= 11 is 0. The monoisotopic (exact) mass is 330 g/mol. The van der Waals surface area contributed by atoms with E-state index in [1.807, 2.05) is 41.8 Å². The van der Waals surface area contributed by atoms with Crippen molar-refractivity contribution in [2.75, 3.05) is 5.32 Å². The number of imidazole rings is 1. The Kier molecular flexibility index (Phi) is 3.66. The molecule has 122 valence electrons. The summed E-state index contributed by atoms with van der Waals surface area (Å²) in [6, 6.07) is 13.1. The van der Waals surface area contributed by atoms with Crippen LogP contribution < -0.4 is 5.32 Å². The van der Waals surface area contributed by atoms with E-state index in [9.17, 15) is 4.79 Å². The summed E-state index contributed by atoms with van der Waals surface area (Å²) < 4.78 is 1.90. The maximum atomic E-state index is 12.2. The van der Waals surface area contributed by atoms with E-state index >= 15 is 0 Å². The van der Waals surface area contributed by atoms with Gasteiger partial charge in [0.2, 0.25) is 0 Å². The first kappa shape index (κ1) is 14.9. The molecule has 25 heavy (non-hydrogen) atoms. The van der Waals surface area contributed by atoms with Gasteiger partial charge in [0, 0.05) is 5.69 Å². The number of pyridine rings is 1. The summed E-state index contributed by atoms with van der Waals surface area (Å²) in [5.74, 6) is 0.428. The highest BCUT2D eigenvalue weighted by atomic mass is 16.1. The molecule has 0 bridgehead atoms. The third kappa shape index (κ3) is 2.94. The van der Waals surface area contributed by atoms with Gasteiger partial charge < -0.3 is 5.32 Å². The standard InChI is InChI=1S/C18H14N6O/c1-12-8-15(21-10-20-12)18(25)23-13-6-7-17(19-9-13)24-11-22-14-4-2-3-5-16(14)24/h2-11H,1H3,(H,23,25). The van der Waals surface area contributed by atoms with Crippen LogP contribution in [0.2, 0.25) is 0 Å². The molecule has 4 aromatic rings. The zero-order valence-electron chi connectivity index (χ0n) is 13.4. The van der Waals surface area contributed by atoms with Crippen molar-refractivity contribution in [3.05, 3.63) is 72.7 Å². The van der Waals surface area contributed by atoms with Gasteiger partial charge in [-0.1, -0.05) is 12.1 Å². The van der Waals surface area contributed by atoms with Crippen LogP contribution in [0.3, 0.4) is 0 Å². The van der Waals surface area contributed by atoms with Gasteiger partial charge in [0.05, 0.1) is 22.9 Å². The fraction of sp³-hybridized carbons (Fsp3) is 0.0556. The van der Waals surface area contributed by atoms with Gasteiger partial charge in [0.1, 0.15) is 24.2 Å². The molecule has 0 atom stereocenters. The van der Waals surface area contributed by atoms with Crippen LogP contribution in [-0.4, -0.2) is 30.4 Å². The zero-order chi connectivity index (χ0) is 17.2. The lowest BCUT2D eigenvalue weighted by Gasteiger charge is -2.07. The summed E-state index contributed by atoms with van der Waals surface area (Å²) in [6.45, 7) is 1.81. The molecule has 0 unspecified atom stereocenters. The van der Waals surface area contributed by atoms with Gasteiger partial charge in [0.15, 0.2) is 0 Å². The number of nitrogens with zero attached hydrogens (tertiary/aromatic N) is 5. The number of carbonyl (C=O) groups excluding carboxylic acids is 1. The Hall–Kier alpha value is -3.61. The summed E-state index contributed by atoms with van der Waals surface area (Å²) in [5.41, 5.74) is 3.52. The summed E-state index contributed by atoms with van der Waals surface area (Å²) in [5, 5.41) is 2.78. The first-order chi connectivity index (χ1) is 12.2. The Morgan fingerprint density at radius 1 is 1.04 bits per heavy atom. The Balaban J connectivity index is 1.57. The molecule has 0 saturated heterocycles. The largest absolute Gasteiger partial charge is 0.319 e. The molecule has 3 aromatic heterocycles. The van der Waals surface area contributed by atoms with Gasteiger partial charge in [0.25, 0.3) is 5.91 Å². The van der Waals surface area contributed by atoms with Gasteiger partial charge in [-0.2, -0.15) is 0 Å². The molecule has 0 aliphatic rings. The van der Waals surface area contributed by atoms with Gasteiger partial charge >= 0.3 is 0 Å². The number of hydrogen-bond acceptors (Lipinski definition) is 5. The molecule has 7 nitrogen and oxygen atoms in total. The van der Waals surface area contributed by atoms with Crippen molar-refractivity contribution in [1.82, 2.24) is 24.5 Å². The van der Waals surface area contributed by atoms with Gasteiger partial charge in [-0.25, -0.2) is 19.9 Å². The summed E-state index contributed by atoms with van der Waals surface area (Å²) in [6.07, 6.45) is 4.71. The van der Waals surface area contributed by atoms with Crippen molar-refractivity contribution in [2.45, 2.75) is 6.92 Å². The molecule has 1 N–H and O–H groups in total. The number of aromatic nitrogens is 5. The number of para-hydroxylation sites is 2. The molecule has 4 rings (SSSR count). The Morgan fingerprint density at radius 2 is 1.92 bits per heavy atom. The average Bonchev–Trinajstić information content (AvgIpc) is 3.06. The third-order valence-corrected chi connectivity index (χ3v) is 3.74. The minimum absolute atomic E-state index is 0.298. The fourth-order valence-electron chi connectivity index (χ4n) is 2.52. The minimum Gasteiger partial charge on any atom is -0.319 e. The second kappa shape index (κ2) is 6.12. The van der Waals surface area contributed by atoms with Crippen LogP contribution in [0.15, 0.2) is 61.3 Å². The first-order valence-electron chi connectivity index (χ1n) is 7.69. The number of carbonyl (C=O) groups is 1. The van der Waals surface area contributed by atoms with Gasteiger partial charge in [-0.15, -0.1) is 0 Å². The second-order valence-corrected chi connectivity index (χ2v) is 5.51. The number of rotatable bonds is 3. The average molecular weight is 330 g/mol. The molecule has 3 heterocycles. The predicted octanol–water partition coefficient (Wildman–Crippen LogP) is 2.77. The third-order valence-electron chi connectivity index (χ3n) is 3.74. The van der Waals surface area contributed by atoms with E-state index in [2.05, 4.69) is 25.3 Å². The molecule has 0 fully saturated rings. The number of nitrogens with one attached hydrogen (secondary N) is 1. The lowest BCUT2D eigenvalue weighted by molar-refractivity contribution is 0.102. The van der Waals surface area contributed by atoms with Crippen molar-refractivity contribution in [1.29, 1.82) is 0 Å². The number of benzene rings is 1. The molecule has 0 spiro atoms. The Bertz CT molecular complexity index is 1050. The molecular formula is C18H14N6O. The molecule has 1 amide bonds. The normalized spacial score (nSPS) is 10.8. The Morgan fingerprint density at radius 3 is 2.72 bits per heavy atom. The van der Waals surface area contributed by atoms with Crippen LogP contribution in [-0.2, 0) is 0 Å². The maximum absolute atomic E-state index is 12.2. The van der Waals surface area contributed by atoms with Gasteiger partial charge in [-0.3, -0.25) is 9.36 Å². The Labute approximate surface area is 143 Å². The van der Waals surface area contributed by atoms with Crippen LogP contribution in [0.5, 0.6) is 0 Å². The highest BCUT2D eigenvalue weighted by molar-refractivity contribution is 6.02. The maximum Gasteiger partial charge on any atom is 0.274 e. The van der Waals surface area contributed by atoms with Crippen LogP contribution in [0.4, 0.5) is 5.69 Å². The predicted molar refractivity (Wildman–Crippen MR) is 93.6 cm³/mol. The van der Waals surface area contributed by atoms with E-state index in [4.69, 9.17) is 0 Å². The van der Waals surface area contributed by atoms with Crippen molar-refractivity contribution < 1.29 is 4.79 Å². The molecule has 0 aliphatic carbocycles. The number of anilines is 1. The fourth-order valence-corrected chi connectivity index (χ4v) is 2.52. The van der Waals surface area contributed by atoms with Gasteiger partial charge in [-0.05, 0) is 37.3 Å². The highest BCUT2D eigenvalue weighted by Gasteiger charge is 2.09. The zero-order valence-corrected chi connectivity index (χ0v) is 13.4. The molecule has 1 aromatic carbocycles. The number of amides is 1. The molecular weight excluding hydrogens is 316 g/mol. The quantitative estimate of drug-likeness (QED) is 0.624. The number of fused-ring (bicyclic) bond motifs is 1. The minimum atomic E-state index is -0.298. The molecule has 7 heteroatoms. The van der Waals surface area contributed by atoms with Crippen LogP contribution >= 0.6 is 0 Å². The van der Waals surface area contributed by atoms with Crippen molar-refractivity contribution in [2.24, 2.45) is 0 Å². The molecule has 0 saturated carbocycles. The number of hydrogen-bond donors (Lipinski definition) is 1. The van der Waals surface area contributed by atoms with E-state index in [0.29, 0.717) is 11.4 Å². The lowest BCUT2D eigenvalue weighted by Crippen LogP contribution is -2.14. The van der Waals surface area contributed by atoms with Crippen LogP contribution in [0.1, 0.15) is 16.2 Å². The highest BCUT2D eigenvalue weighted by Crippen LogP contribution is 2.17. The van der Waals surface area contributed by atoms with E-state index < -0.39 is 0 Å². The summed E-state index contributed by atoms with van der Waals surface area (Å²) in [4.78, 5) is 28.9. The van der Waals surface area contributed by atoms with E-state index in [1.54, 1.807) is 24.7 Å². The second-order valence-electron chi connectivity index (χ2n) is 5.51. The molecule has 0 radical (unpaired) electrons. The number of aryl methyl sites for hydroxylation is 1. The van der Waals surface area contributed by atoms with Crippen LogP contribution in [0, 0.1) is 6.92 Å². The van der Waals surface area contributed by atoms with E-state index in [0.717, 1.165) is 22.5 Å². The van der Waals surface area contributed by atoms with Crippen molar-refractivity contribution >= 4 is 22.6 Å². The van der Waals surface area contributed by atoms with E-state index in [-0.39, 0.29) is 5.91 Å². The van der Waals surface area contributed by atoms with Crippen molar-refractivity contribution in [3.63, 3.8) is 0 Å². The smallest absolute Gasteiger partial charge is 0.274 e.